The maximum Gasteiger partial charge on any atom is 0.322 e. The molecular formula is C11H10BrN3O3S. The van der Waals surface area contributed by atoms with Crippen LogP contribution in [0.4, 0.5) is 6.01 Å². The van der Waals surface area contributed by atoms with Crippen LogP contribution in [-0.4, -0.2) is 22.7 Å². The second-order valence-corrected chi connectivity index (χ2v) is 6.47. The Labute approximate surface area is 121 Å². The van der Waals surface area contributed by atoms with Crippen LogP contribution in [0.15, 0.2) is 20.3 Å². The number of rotatable bonds is 3. The average molecular weight is 344 g/mol. The van der Waals surface area contributed by atoms with E-state index in [-0.39, 0.29) is 18.0 Å². The van der Waals surface area contributed by atoms with Gasteiger partial charge in [-0.05, 0) is 40.9 Å². The van der Waals surface area contributed by atoms with Crippen molar-refractivity contribution < 1.29 is 13.9 Å². The Morgan fingerprint density at radius 3 is 3.05 bits per heavy atom. The normalized spacial score (nSPS) is 18.7. The Hall–Kier alpha value is -1.25. The van der Waals surface area contributed by atoms with E-state index in [1.54, 1.807) is 6.07 Å². The molecule has 3 rings (SSSR count). The van der Waals surface area contributed by atoms with Crippen LogP contribution in [0.1, 0.15) is 34.5 Å². The molecule has 0 bridgehead atoms. The Balaban J connectivity index is 1.68. The summed E-state index contributed by atoms with van der Waals surface area (Å²) in [4.78, 5) is 12.5. The molecule has 2 aromatic heterocycles. The van der Waals surface area contributed by atoms with Crippen LogP contribution in [0, 0.1) is 0 Å². The largest absolute Gasteiger partial charge is 0.405 e. The molecular weight excluding hydrogens is 334 g/mol. The fourth-order valence-electron chi connectivity index (χ4n) is 1.78. The molecule has 1 unspecified atom stereocenters. The number of hydrogen-bond donors (Lipinski definition) is 1. The highest BCUT2D eigenvalue weighted by atomic mass is 79.9. The number of nitrogens with one attached hydrogen (secondary N) is 1. The second kappa shape index (κ2) is 5.40. The van der Waals surface area contributed by atoms with Crippen molar-refractivity contribution in [3.8, 4) is 0 Å². The van der Waals surface area contributed by atoms with E-state index in [0.29, 0.717) is 17.4 Å². The number of carbonyl (C=O) groups is 1. The van der Waals surface area contributed by atoms with E-state index >= 15 is 0 Å². The van der Waals surface area contributed by atoms with Gasteiger partial charge in [-0.1, -0.05) is 5.10 Å². The Morgan fingerprint density at radius 2 is 2.37 bits per heavy atom. The lowest BCUT2D eigenvalue weighted by Gasteiger charge is -2.01. The van der Waals surface area contributed by atoms with Gasteiger partial charge in [0, 0.05) is 6.61 Å². The molecule has 3 heterocycles. The van der Waals surface area contributed by atoms with Gasteiger partial charge in [-0.3, -0.25) is 10.1 Å². The Morgan fingerprint density at radius 1 is 1.47 bits per heavy atom. The molecule has 0 spiro atoms. The summed E-state index contributed by atoms with van der Waals surface area (Å²) in [5.41, 5.74) is 0. The van der Waals surface area contributed by atoms with E-state index in [9.17, 15) is 4.79 Å². The molecule has 0 saturated carbocycles. The molecule has 1 atom stereocenters. The van der Waals surface area contributed by atoms with Crippen LogP contribution in [0.2, 0.25) is 0 Å². The minimum atomic E-state index is -0.266. The number of halogens is 1. The molecule has 0 aromatic carbocycles. The molecule has 0 aliphatic carbocycles. The van der Waals surface area contributed by atoms with Gasteiger partial charge in [0.1, 0.15) is 6.10 Å². The summed E-state index contributed by atoms with van der Waals surface area (Å²) in [6.45, 7) is 0.706. The van der Waals surface area contributed by atoms with Crippen LogP contribution >= 0.6 is 27.3 Å². The van der Waals surface area contributed by atoms with Crippen molar-refractivity contribution in [2.24, 2.45) is 0 Å². The number of thiophene rings is 1. The maximum atomic E-state index is 11.9. The first kappa shape index (κ1) is 12.8. The third-order valence-corrected chi connectivity index (χ3v) is 4.29. The quantitative estimate of drug-likeness (QED) is 0.926. The lowest BCUT2D eigenvalue weighted by molar-refractivity contribution is 0.0893. The predicted molar refractivity (Wildman–Crippen MR) is 72.2 cm³/mol. The first-order valence-corrected chi connectivity index (χ1v) is 7.35. The van der Waals surface area contributed by atoms with Gasteiger partial charge in [-0.2, -0.15) is 0 Å². The maximum absolute atomic E-state index is 11.9. The zero-order valence-electron chi connectivity index (χ0n) is 9.76. The number of hydrogen-bond acceptors (Lipinski definition) is 6. The van der Waals surface area contributed by atoms with Crippen molar-refractivity contribution >= 4 is 39.2 Å². The number of nitrogens with zero attached hydrogens (tertiary/aromatic N) is 2. The lowest BCUT2D eigenvalue weighted by atomic mass is 10.2. The highest BCUT2D eigenvalue weighted by molar-refractivity contribution is 9.11. The van der Waals surface area contributed by atoms with Crippen LogP contribution in [0.3, 0.4) is 0 Å². The Kier molecular flexibility index (Phi) is 3.63. The minimum absolute atomic E-state index is 0.0972. The van der Waals surface area contributed by atoms with Gasteiger partial charge in [-0.25, -0.2) is 0 Å². The highest BCUT2D eigenvalue weighted by Crippen LogP contribution is 2.28. The monoisotopic (exact) mass is 343 g/mol. The van der Waals surface area contributed by atoms with E-state index in [1.165, 1.54) is 11.3 Å². The summed E-state index contributed by atoms with van der Waals surface area (Å²) in [5.74, 6) is 0.151. The molecule has 1 amide bonds. The number of ether oxygens (including phenoxy) is 1. The molecule has 0 radical (unpaired) electrons. The van der Waals surface area contributed by atoms with E-state index < -0.39 is 0 Å². The van der Waals surface area contributed by atoms with Gasteiger partial charge in [0.2, 0.25) is 5.89 Å². The standard InChI is InChI=1S/C11H10BrN3O3S/c12-8-4-3-7(19-8)9(16)13-11-15-14-10(18-11)6-2-1-5-17-6/h3-4,6H,1-2,5H2,(H,13,15,16). The van der Waals surface area contributed by atoms with Crippen molar-refractivity contribution in [2.45, 2.75) is 18.9 Å². The molecule has 1 aliphatic heterocycles. The van der Waals surface area contributed by atoms with Gasteiger partial charge >= 0.3 is 6.01 Å². The number of anilines is 1. The average Bonchev–Trinajstić information content (AvgIpc) is 3.07. The molecule has 100 valence electrons. The van der Waals surface area contributed by atoms with Crippen molar-refractivity contribution in [1.82, 2.24) is 10.2 Å². The summed E-state index contributed by atoms with van der Waals surface area (Å²) in [7, 11) is 0. The second-order valence-electron chi connectivity index (χ2n) is 4.00. The van der Waals surface area contributed by atoms with Crippen molar-refractivity contribution in [3.63, 3.8) is 0 Å². The molecule has 8 heteroatoms. The van der Waals surface area contributed by atoms with Gasteiger partial charge < -0.3 is 9.15 Å². The lowest BCUT2D eigenvalue weighted by Crippen LogP contribution is -2.10. The number of amides is 1. The van der Waals surface area contributed by atoms with E-state index in [1.807, 2.05) is 6.07 Å². The molecule has 1 fully saturated rings. The van der Waals surface area contributed by atoms with Crippen molar-refractivity contribution in [3.05, 3.63) is 26.7 Å². The smallest absolute Gasteiger partial charge is 0.322 e. The molecule has 19 heavy (non-hydrogen) atoms. The number of carbonyl (C=O) groups excluding carboxylic acids is 1. The first-order chi connectivity index (χ1) is 9.22. The van der Waals surface area contributed by atoms with Crippen LogP contribution in [0.5, 0.6) is 0 Å². The van der Waals surface area contributed by atoms with Gasteiger partial charge in [0.05, 0.1) is 8.66 Å². The van der Waals surface area contributed by atoms with Gasteiger partial charge in [0.15, 0.2) is 0 Å². The molecule has 6 nitrogen and oxygen atoms in total. The van der Waals surface area contributed by atoms with Crippen LogP contribution < -0.4 is 5.32 Å². The molecule has 2 aromatic rings. The van der Waals surface area contributed by atoms with Crippen LogP contribution in [0.25, 0.3) is 0 Å². The Bertz CT molecular complexity index is 592. The van der Waals surface area contributed by atoms with E-state index in [2.05, 4.69) is 31.4 Å². The zero-order valence-corrected chi connectivity index (χ0v) is 12.2. The van der Waals surface area contributed by atoms with Crippen molar-refractivity contribution in [1.29, 1.82) is 0 Å². The molecule has 1 aliphatic rings. The van der Waals surface area contributed by atoms with E-state index in [0.717, 1.165) is 16.6 Å². The summed E-state index contributed by atoms with van der Waals surface area (Å²) in [6, 6.07) is 3.63. The SMILES string of the molecule is O=C(Nc1nnc(C2CCCO2)o1)c1ccc(Br)s1. The fourth-order valence-corrected chi connectivity index (χ4v) is 3.06. The van der Waals surface area contributed by atoms with Gasteiger partial charge in [0.25, 0.3) is 5.91 Å². The topological polar surface area (TPSA) is 77.2 Å². The summed E-state index contributed by atoms with van der Waals surface area (Å²) in [6.07, 6.45) is 1.71. The van der Waals surface area contributed by atoms with E-state index in [4.69, 9.17) is 9.15 Å². The molecule has 1 N–H and O–H groups in total. The fraction of sp³-hybridized carbons (Fsp3) is 0.364. The molecule has 1 saturated heterocycles. The highest BCUT2D eigenvalue weighted by Gasteiger charge is 2.24. The van der Waals surface area contributed by atoms with Gasteiger partial charge in [-0.15, -0.1) is 16.4 Å². The first-order valence-electron chi connectivity index (χ1n) is 5.74. The third kappa shape index (κ3) is 2.85. The predicted octanol–water partition coefficient (Wildman–Crippen LogP) is 3.00. The third-order valence-electron chi connectivity index (χ3n) is 2.66. The van der Waals surface area contributed by atoms with Crippen molar-refractivity contribution in [2.75, 3.05) is 11.9 Å². The zero-order chi connectivity index (χ0) is 13.2. The minimum Gasteiger partial charge on any atom is -0.405 e. The van der Waals surface area contributed by atoms with Crippen LogP contribution in [-0.2, 0) is 4.74 Å². The summed E-state index contributed by atoms with van der Waals surface area (Å²) in [5, 5.41) is 10.3. The summed E-state index contributed by atoms with van der Waals surface area (Å²) >= 11 is 4.64. The number of aromatic nitrogens is 2. The summed E-state index contributed by atoms with van der Waals surface area (Å²) < 4.78 is 11.7.